The molecular weight excluding hydrogens is 374 g/mol. The molecule has 0 bridgehead atoms. The van der Waals surface area contributed by atoms with Crippen molar-refractivity contribution in [3.8, 4) is 0 Å². The highest BCUT2D eigenvalue weighted by atomic mass is 35.5. The molecule has 11 heteroatoms. The van der Waals surface area contributed by atoms with Crippen molar-refractivity contribution in [1.82, 2.24) is 9.88 Å². The lowest BCUT2D eigenvalue weighted by atomic mass is 10.1. The summed E-state index contributed by atoms with van der Waals surface area (Å²) < 4.78 is 80.3. The molecule has 0 N–H and O–H groups in total. The summed E-state index contributed by atoms with van der Waals surface area (Å²) >= 11 is 5.80. The smallest absolute Gasteiger partial charge is 0.284 e. The highest BCUT2D eigenvalue weighted by Crippen LogP contribution is 2.49. The fraction of sp³-hybridized carbons (Fsp3) is 0.214. The number of pyridine rings is 1. The van der Waals surface area contributed by atoms with E-state index in [2.05, 4.69) is 15.0 Å². The predicted molar refractivity (Wildman–Crippen MR) is 78.0 cm³/mol. The summed E-state index contributed by atoms with van der Waals surface area (Å²) in [6.45, 7) is 0. The minimum Gasteiger partial charge on any atom is -0.284 e. The molecular formula is C14H7ClF6N4. The van der Waals surface area contributed by atoms with Crippen LogP contribution in [0, 0.1) is 0 Å². The number of hydrogen-bond donors (Lipinski definition) is 0. The molecule has 25 heavy (non-hydrogen) atoms. The van der Waals surface area contributed by atoms with Crippen LogP contribution in [0.25, 0.3) is 0 Å². The maximum atomic E-state index is 13.4. The average Bonchev–Trinajstić information content (AvgIpc) is 2.52. The molecule has 0 amide bonds. The van der Waals surface area contributed by atoms with E-state index in [1.165, 1.54) is 18.3 Å². The van der Waals surface area contributed by atoms with Gasteiger partial charge in [-0.1, -0.05) is 11.6 Å². The van der Waals surface area contributed by atoms with E-state index in [0.29, 0.717) is 0 Å². The fourth-order valence-electron chi connectivity index (χ4n) is 2.24. The third-order valence-electron chi connectivity index (χ3n) is 3.37. The maximum absolute atomic E-state index is 13.4. The van der Waals surface area contributed by atoms with E-state index in [-0.39, 0.29) is 10.6 Å². The van der Waals surface area contributed by atoms with E-state index < -0.39 is 29.7 Å². The molecule has 2 aliphatic rings. The number of halogens is 7. The molecule has 0 fully saturated rings. The van der Waals surface area contributed by atoms with E-state index in [9.17, 15) is 26.3 Å². The SMILES string of the molecule is FC(F)(F)C1(C(F)(F)F)N=C2C=CC(Cl)=CN2C(c2cccnc2)=N1. The van der Waals surface area contributed by atoms with E-state index in [1.807, 2.05) is 0 Å². The molecule has 0 aliphatic carbocycles. The van der Waals surface area contributed by atoms with Gasteiger partial charge in [-0.05, 0) is 24.3 Å². The number of alkyl halides is 6. The normalized spacial score (nSPS) is 19.8. The number of hydrogen-bond acceptors (Lipinski definition) is 4. The molecule has 0 spiro atoms. The number of nitrogens with zero attached hydrogens (tertiary/aromatic N) is 4. The van der Waals surface area contributed by atoms with Crippen molar-refractivity contribution in [2.45, 2.75) is 18.0 Å². The Morgan fingerprint density at radius 3 is 2.24 bits per heavy atom. The molecule has 0 unspecified atom stereocenters. The Morgan fingerprint density at radius 2 is 1.68 bits per heavy atom. The van der Waals surface area contributed by atoms with Gasteiger partial charge in [-0.15, -0.1) is 0 Å². The van der Waals surface area contributed by atoms with Gasteiger partial charge in [0.1, 0.15) is 11.7 Å². The van der Waals surface area contributed by atoms with Gasteiger partial charge in [-0.3, -0.25) is 9.88 Å². The van der Waals surface area contributed by atoms with Gasteiger partial charge in [-0.25, -0.2) is 9.98 Å². The van der Waals surface area contributed by atoms with Crippen LogP contribution in [0.3, 0.4) is 0 Å². The van der Waals surface area contributed by atoms with Crippen molar-refractivity contribution in [3.63, 3.8) is 0 Å². The minimum atomic E-state index is -5.80. The third kappa shape index (κ3) is 2.80. The molecule has 4 nitrogen and oxygen atoms in total. The first-order chi connectivity index (χ1) is 11.6. The van der Waals surface area contributed by atoms with Crippen LogP contribution in [-0.2, 0) is 0 Å². The van der Waals surface area contributed by atoms with Crippen LogP contribution in [0.2, 0.25) is 0 Å². The highest BCUT2D eigenvalue weighted by Gasteiger charge is 2.73. The van der Waals surface area contributed by atoms with Crippen LogP contribution in [0.4, 0.5) is 26.3 Å². The van der Waals surface area contributed by atoms with Gasteiger partial charge in [0.15, 0.2) is 0 Å². The molecule has 0 saturated carbocycles. The molecule has 2 aliphatic heterocycles. The molecule has 0 saturated heterocycles. The first-order valence-electron chi connectivity index (χ1n) is 6.63. The van der Waals surface area contributed by atoms with Gasteiger partial charge in [0, 0.05) is 24.2 Å². The van der Waals surface area contributed by atoms with E-state index in [0.717, 1.165) is 29.4 Å². The first-order valence-corrected chi connectivity index (χ1v) is 7.01. The van der Waals surface area contributed by atoms with Gasteiger partial charge in [0.25, 0.3) is 0 Å². The minimum absolute atomic E-state index is 0.0520. The number of rotatable bonds is 1. The Morgan fingerprint density at radius 1 is 1.00 bits per heavy atom. The number of aromatic nitrogens is 1. The zero-order chi connectivity index (χ0) is 18.5. The van der Waals surface area contributed by atoms with Crippen LogP contribution in [0.15, 0.2) is 57.9 Å². The summed E-state index contributed by atoms with van der Waals surface area (Å²) in [5.74, 6) is -1.21. The van der Waals surface area contributed by atoms with E-state index >= 15 is 0 Å². The molecule has 0 atom stereocenters. The molecule has 1 aromatic heterocycles. The van der Waals surface area contributed by atoms with Crippen LogP contribution in [0.5, 0.6) is 0 Å². The molecule has 132 valence electrons. The molecule has 3 heterocycles. The van der Waals surface area contributed by atoms with Gasteiger partial charge in [0.05, 0.1) is 5.03 Å². The van der Waals surface area contributed by atoms with Crippen molar-refractivity contribution in [2.24, 2.45) is 9.98 Å². The van der Waals surface area contributed by atoms with Crippen molar-refractivity contribution in [3.05, 3.63) is 53.5 Å². The second kappa shape index (κ2) is 5.58. The Balaban J connectivity index is 2.30. The summed E-state index contributed by atoms with van der Waals surface area (Å²) in [5.41, 5.74) is -4.66. The first kappa shape index (κ1) is 17.5. The highest BCUT2D eigenvalue weighted by molar-refractivity contribution is 6.32. The van der Waals surface area contributed by atoms with Crippen LogP contribution in [0.1, 0.15) is 5.56 Å². The predicted octanol–water partition coefficient (Wildman–Crippen LogP) is 4.01. The lowest BCUT2D eigenvalue weighted by Crippen LogP contribution is -2.58. The third-order valence-corrected chi connectivity index (χ3v) is 3.60. The van der Waals surface area contributed by atoms with Crippen molar-refractivity contribution in [1.29, 1.82) is 0 Å². The Labute approximate surface area is 141 Å². The topological polar surface area (TPSA) is 40.9 Å². The summed E-state index contributed by atoms with van der Waals surface area (Å²) in [7, 11) is 0. The largest absolute Gasteiger partial charge is 0.443 e. The fourth-order valence-corrected chi connectivity index (χ4v) is 2.40. The van der Waals surface area contributed by atoms with Gasteiger partial charge in [-0.2, -0.15) is 26.3 Å². The summed E-state index contributed by atoms with van der Waals surface area (Å²) in [6.07, 6.45) is -5.95. The number of allylic oxidation sites excluding steroid dienone is 2. The molecule has 0 radical (unpaired) electrons. The van der Waals surface area contributed by atoms with Crippen molar-refractivity contribution < 1.29 is 26.3 Å². The summed E-state index contributed by atoms with van der Waals surface area (Å²) in [6, 6.07) is 2.64. The lowest BCUT2D eigenvalue weighted by molar-refractivity contribution is -0.292. The quantitative estimate of drug-likeness (QED) is 0.691. The standard InChI is InChI=1S/C14H7ClF6N4/c15-9-3-4-10-23-12(13(16,17)18,14(19,20)21)24-11(25(10)7-9)8-2-1-5-22-6-8/h1-7H. The van der Waals surface area contributed by atoms with Crippen LogP contribution >= 0.6 is 11.6 Å². The van der Waals surface area contributed by atoms with Crippen LogP contribution < -0.4 is 0 Å². The Kier molecular flexibility index (Phi) is 3.90. The Bertz CT molecular complexity index is 793. The summed E-state index contributed by atoms with van der Waals surface area (Å²) in [4.78, 5) is 10.5. The Hall–Kier alpha value is -2.36. The van der Waals surface area contributed by atoms with Gasteiger partial charge < -0.3 is 0 Å². The van der Waals surface area contributed by atoms with Crippen LogP contribution in [-0.4, -0.2) is 39.6 Å². The van der Waals surface area contributed by atoms with Gasteiger partial charge in [0.2, 0.25) is 0 Å². The summed E-state index contributed by atoms with van der Waals surface area (Å²) in [5, 5.41) is 0.0852. The van der Waals surface area contributed by atoms with Gasteiger partial charge >= 0.3 is 18.0 Å². The average molecular weight is 381 g/mol. The number of fused-ring (bicyclic) bond motifs is 1. The van der Waals surface area contributed by atoms with E-state index in [1.54, 1.807) is 0 Å². The second-order valence-electron chi connectivity index (χ2n) is 5.03. The maximum Gasteiger partial charge on any atom is 0.443 e. The zero-order valence-electron chi connectivity index (χ0n) is 12.0. The number of amidine groups is 2. The molecule has 3 rings (SSSR count). The molecule has 1 aromatic rings. The van der Waals surface area contributed by atoms with Crippen molar-refractivity contribution in [2.75, 3.05) is 0 Å². The van der Waals surface area contributed by atoms with E-state index in [4.69, 9.17) is 11.6 Å². The lowest BCUT2D eigenvalue weighted by Gasteiger charge is -2.38. The second-order valence-corrected chi connectivity index (χ2v) is 5.47. The van der Waals surface area contributed by atoms with Crippen molar-refractivity contribution >= 4 is 23.3 Å². The monoisotopic (exact) mass is 380 g/mol. The molecule has 0 aromatic carbocycles. The number of aliphatic imine (C=N–C) groups is 2. The zero-order valence-corrected chi connectivity index (χ0v) is 12.7.